The second-order valence-electron chi connectivity index (χ2n) is 7.49. The van der Waals surface area contributed by atoms with E-state index in [0.29, 0.717) is 22.8 Å². The number of aromatic nitrogens is 1. The summed E-state index contributed by atoms with van der Waals surface area (Å²) in [4.78, 5) is 51.7. The van der Waals surface area contributed by atoms with E-state index in [2.05, 4.69) is 9.69 Å². The van der Waals surface area contributed by atoms with Crippen molar-refractivity contribution in [1.82, 2.24) is 9.69 Å². The maximum absolute atomic E-state index is 14.3. The van der Waals surface area contributed by atoms with Gasteiger partial charge in [-0.1, -0.05) is 18.2 Å². The van der Waals surface area contributed by atoms with Crippen LogP contribution in [0.4, 0.5) is 15.8 Å². The molecule has 0 saturated carbocycles. The first kappa shape index (κ1) is 27.1. The number of nitrogens with zero attached hydrogens (tertiary/aromatic N) is 2. The van der Waals surface area contributed by atoms with Crippen LogP contribution in [0.25, 0.3) is 0 Å². The Balaban J connectivity index is 2.16. The van der Waals surface area contributed by atoms with Crippen LogP contribution in [0.5, 0.6) is 5.75 Å². The van der Waals surface area contributed by atoms with Crippen molar-refractivity contribution in [2.45, 2.75) is 13.0 Å². The highest BCUT2D eigenvalue weighted by molar-refractivity contribution is 7.09. The minimum atomic E-state index is -1.41. The molecule has 37 heavy (non-hydrogen) atoms. The van der Waals surface area contributed by atoms with Crippen molar-refractivity contribution >= 4 is 46.6 Å². The number of nitrogen functional groups attached to an aromatic ring is 1. The van der Waals surface area contributed by atoms with E-state index >= 15 is 0 Å². The summed E-state index contributed by atoms with van der Waals surface area (Å²) in [6.07, 6.45) is 0. The van der Waals surface area contributed by atoms with Gasteiger partial charge in [0.15, 0.2) is 5.69 Å². The summed E-state index contributed by atoms with van der Waals surface area (Å²) < 4.78 is 28.2. The van der Waals surface area contributed by atoms with Crippen LogP contribution in [0.1, 0.15) is 38.7 Å². The molecular weight excluding hydrogens is 505 g/mol. The fourth-order valence-corrected chi connectivity index (χ4v) is 4.16. The van der Waals surface area contributed by atoms with Gasteiger partial charge in [0.2, 0.25) is 5.91 Å². The van der Waals surface area contributed by atoms with Crippen LogP contribution in [0.3, 0.4) is 0 Å². The molecule has 1 heterocycles. The zero-order valence-electron chi connectivity index (χ0n) is 19.9. The Morgan fingerprint density at radius 1 is 1.16 bits per heavy atom. The third-order valence-corrected chi connectivity index (χ3v) is 5.96. The molecule has 0 bridgehead atoms. The molecule has 0 aliphatic rings. The first-order chi connectivity index (χ1) is 17.7. The SMILES string of the molecule is CCOC(=O)CNC(=O)[C@@H](c1ccc(OC)cc1)N(C(=O)c1snc(C(N)=O)c1N)c1cccc(F)c1. The fraction of sp³-hybridized carbons (Fsp3) is 0.208. The largest absolute Gasteiger partial charge is 0.497 e. The van der Waals surface area contributed by atoms with Crippen molar-refractivity contribution in [3.05, 3.63) is 70.5 Å². The van der Waals surface area contributed by atoms with Crippen molar-refractivity contribution in [3.8, 4) is 5.75 Å². The van der Waals surface area contributed by atoms with Crippen LogP contribution in [0.15, 0.2) is 48.5 Å². The monoisotopic (exact) mass is 529 g/mol. The van der Waals surface area contributed by atoms with Crippen molar-refractivity contribution in [3.63, 3.8) is 0 Å². The van der Waals surface area contributed by atoms with Crippen LogP contribution < -0.4 is 26.4 Å². The number of halogens is 1. The zero-order valence-corrected chi connectivity index (χ0v) is 20.7. The van der Waals surface area contributed by atoms with Crippen LogP contribution in [-0.4, -0.2) is 48.3 Å². The van der Waals surface area contributed by atoms with Crippen LogP contribution in [0.2, 0.25) is 0 Å². The van der Waals surface area contributed by atoms with Gasteiger partial charge in [-0.05, 0) is 54.4 Å². The molecule has 0 fully saturated rings. The lowest BCUT2D eigenvalue weighted by Gasteiger charge is -2.31. The number of esters is 1. The van der Waals surface area contributed by atoms with Gasteiger partial charge in [0.25, 0.3) is 11.8 Å². The van der Waals surface area contributed by atoms with Crippen LogP contribution >= 0.6 is 11.5 Å². The average molecular weight is 530 g/mol. The Morgan fingerprint density at radius 2 is 1.86 bits per heavy atom. The third kappa shape index (κ3) is 6.19. The number of primary amides is 1. The standard InChI is InChI=1S/C24H24FN5O6S/c1-3-36-17(31)12-28-23(33)20(13-7-9-16(35-2)10-8-13)30(15-6-4-5-14(25)11-15)24(34)21-18(26)19(22(27)32)29-37-21/h4-11,20H,3,12,26H2,1-2H3,(H2,27,32)(H,28,33)/t20-/m1/s1. The fourth-order valence-electron chi connectivity index (χ4n) is 3.42. The number of benzene rings is 2. The predicted octanol–water partition coefficient (Wildman–Crippen LogP) is 2.04. The number of nitrogens with one attached hydrogen (secondary N) is 1. The van der Waals surface area contributed by atoms with E-state index in [4.69, 9.17) is 20.9 Å². The summed E-state index contributed by atoms with van der Waals surface area (Å²) in [5.41, 5.74) is 11.0. The van der Waals surface area contributed by atoms with Gasteiger partial charge in [-0.2, -0.15) is 4.37 Å². The smallest absolute Gasteiger partial charge is 0.325 e. The second kappa shape index (κ2) is 11.9. The molecule has 13 heteroatoms. The van der Waals surface area contributed by atoms with Crippen LogP contribution in [-0.2, 0) is 14.3 Å². The summed E-state index contributed by atoms with van der Waals surface area (Å²) in [5, 5.41) is 2.45. The third-order valence-electron chi connectivity index (χ3n) is 5.11. The van der Waals surface area contributed by atoms with Gasteiger partial charge < -0.3 is 26.3 Å². The summed E-state index contributed by atoms with van der Waals surface area (Å²) in [5.74, 6) is -3.44. The summed E-state index contributed by atoms with van der Waals surface area (Å²) in [6, 6.07) is 9.81. The molecule has 0 aliphatic carbocycles. The number of ether oxygens (including phenoxy) is 2. The normalized spacial score (nSPS) is 11.3. The molecule has 0 radical (unpaired) electrons. The van der Waals surface area contributed by atoms with Gasteiger partial charge in [-0.25, -0.2) is 4.39 Å². The van der Waals surface area contributed by atoms with E-state index in [9.17, 15) is 23.6 Å². The Kier molecular flexibility index (Phi) is 8.74. The second-order valence-corrected chi connectivity index (χ2v) is 8.27. The molecule has 1 aromatic heterocycles. The number of amides is 3. The lowest BCUT2D eigenvalue weighted by molar-refractivity contribution is -0.143. The first-order valence-corrected chi connectivity index (χ1v) is 11.7. The maximum atomic E-state index is 14.3. The van der Waals surface area contributed by atoms with E-state index in [1.54, 1.807) is 19.1 Å². The number of hydrogen-bond donors (Lipinski definition) is 3. The van der Waals surface area contributed by atoms with Crippen molar-refractivity contribution < 1.29 is 33.0 Å². The van der Waals surface area contributed by atoms with Crippen molar-refractivity contribution in [1.29, 1.82) is 0 Å². The van der Waals surface area contributed by atoms with Gasteiger partial charge in [-0.3, -0.25) is 24.1 Å². The molecule has 3 amide bonds. The van der Waals surface area contributed by atoms with E-state index in [-0.39, 0.29) is 28.6 Å². The quantitative estimate of drug-likeness (QED) is 0.335. The molecule has 3 rings (SSSR count). The number of hydrogen-bond acceptors (Lipinski definition) is 9. The van der Waals surface area contributed by atoms with E-state index in [1.807, 2.05) is 0 Å². The summed E-state index contributed by atoms with van der Waals surface area (Å²) in [6.45, 7) is 1.25. The lowest BCUT2D eigenvalue weighted by Crippen LogP contribution is -2.45. The van der Waals surface area contributed by atoms with Crippen molar-refractivity contribution in [2.75, 3.05) is 30.9 Å². The first-order valence-electron chi connectivity index (χ1n) is 10.9. The topological polar surface area (TPSA) is 167 Å². The molecule has 2 aromatic carbocycles. The Morgan fingerprint density at radius 3 is 2.43 bits per heavy atom. The molecule has 0 saturated heterocycles. The highest BCUT2D eigenvalue weighted by Crippen LogP contribution is 2.34. The van der Waals surface area contributed by atoms with Gasteiger partial charge in [0.1, 0.15) is 29.0 Å². The highest BCUT2D eigenvalue weighted by Gasteiger charge is 2.36. The van der Waals surface area contributed by atoms with E-state index in [0.717, 1.165) is 11.0 Å². The minimum absolute atomic E-state index is 0.00512. The molecule has 0 unspecified atom stereocenters. The van der Waals surface area contributed by atoms with Crippen molar-refractivity contribution in [2.24, 2.45) is 5.73 Å². The summed E-state index contributed by atoms with van der Waals surface area (Å²) >= 11 is 0.608. The molecule has 194 valence electrons. The number of anilines is 2. The van der Waals surface area contributed by atoms with Gasteiger partial charge in [0, 0.05) is 5.69 Å². The molecule has 0 spiro atoms. The van der Waals surface area contributed by atoms with Crippen LogP contribution in [0, 0.1) is 5.82 Å². The molecule has 11 nitrogen and oxygen atoms in total. The van der Waals surface area contributed by atoms with Gasteiger partial charge >= 0.3 is 5.97 Å². The lowest BCUT2D eigenvalue weighted by atomic mass is 10.0. The Hall–Kier alpha value is -4.52. The number of carbonyl (C=O) groups is 4. The summed E-state index contributed by atoms with van der Waals surface area (Å²) in [7, 11) is 1.46. The van der Waals surface area contributed by atoms with Gasteiger partial charge in [-0.15, -0.1) is 0 Å². The van der Waals surface area contributed by atoms with E-state index < -0.39 is 42.1 Å². The highest BCUT2D eigenvalue weighted by atomic mass is 32.1. The predicted molar refractivity (Wildman–Crippen MR) is 134 cm³/mol. The molecule has 0 aliphatic heterocycles. The zero-order chi connectivity index (χ0) is 27.1. The number of nitrogens with two attached hydrogens (primary N) is 2. The Bertz CT molecular complexity index is 1310. The molecular formula is C24H24FN5O6S. The maximum Gasteiger partial charge on any atom is 0.325 e. The average Bonchev–Trinajstić information content (AvgIpc) is 3.27. The number of rotatable bonds is 10. The van der Waals surface area contributed by atoms with Gasteiger partial charge in [0.05, 0.1) is 19.4 Å². The number of methoxy groups -OCH3 is 1. The van der Waals surface area contributed by atoms with E-state index in [1.165, 1.54) is 37.4 Å². The Labute approximate surface area is 215 Å². The molecule has 3 aromatic rings. The minimum Gasteiger partial charge on any atom is -0.497 e. The molecule has 5 N–H and O–H groups in total. The molecule has 1 atom stereocenters. The number of carbonyl (C=O) groups excluding carboxylic acids is 4.